The number of aromatic nitrogens is 2. The fourth-order valence-electron chi connectivity index (χ4n) is 5.73. The number of likely N-dealkylation sites (tertiary alicyclic amines) is 2. The second-order valence-corrected chi connectivity index (χ2v) is 12.2. The fourth-order valence-corrected chi connectivity index (χ4v) is 5.73. The molecule has 2 saturated heterocycles. The zero-order valence-electron chi connectivity index (χ0n) is 25.5. The molecule has 0 unspecified atom stereocenters. The van der Waals surface area contributed by atoms with E-state index < -0.39 is 11.4 Å². The largest absolute Gasteiger partial charge is 0.495 e. The van der Waals surface area contributed by atoms with Gasteiger partial charge >= 0.3 is 6.09 Å². The summed E-state index contributed by atoms with van der Waals surface area (Å²) >= 11 is 0. The number of anilines is 2. The molecule has 0 atom stereocenters. The van der Waals surface area contributed by atoms with E-state index in [2.05, 4.69) is 11.0 Å². The maximum atomic E-state index is 13.9. The highest BCUT2D eigenvalue weighted by atomic mass is 19.1. The molecule has 44 heavy (non-hydrogen) atoms. The van der Waals surface area contributed by atoms with Crippen LogP contribution in [0.15, 0.2) is 42.5 Å². The number of nitrogen functional groups attached to an aromatic ring is 1. The van der Waals surface area contributed by atoms with Gasteiger partial charge in [0.25, 0.3) is 0 Å². The molecule has 11 nitrogen and oxygen atoms in total. The predicted molar refractivity (Wildman–Crippen MR) is 163 cm³/mol. The molecule has 2 aliphatic heterocycles. The number of hydrogen-bond acceptors (Lipinski definition) is 8. The summed E-state index contributed by atoms with van der Waals surface area (Å²) in [4.78, 5) is 29.7. The minimum atomic E-state index is -0.510. The van der Waals surface area contributed by atoms with Crippen LogP contribution in [-0.2, 0) is 16.1 Å². The van der Waals surface area contributed by atoms with Gasteiger partial charge in [0.05, 0.1) is 25.4 Å². The van der Waals surface area contributed by atoms with Crippen molar-refractivity contribution in [1.29, 1.82) is 5.26 Å². The second kappa shape index (κ2) is 12.5. The molecule has 232 valence electrons. The number of hydrogen-bond donors (Lipinski definition) is 1. The molecule has 2 amide bonds. The van der Waals surface area contributed by atoms with Gasteiger partial charge in [-0.25, -0.2) is 13.9 Å². The van der Waals surface area contributed by atoms with Crippen LogP contribution in [0.4, 0.5) is 20.7 Å². The molecule has 5 rings (SSSR count). The first kappa shape index (κ1) is 30.8. The smallest absolute Gasteiger partial charge is 0.410 e. The van der Waals surface area contributed by atoms with Crippen LogP contribution >= 0.6 is 0 Å². The molecule has 0 saturated carbocycles. The van der Waals surface area contributed by atoms with Crippen molar-refractivity contribution in [3.63, 3.8) is 0 Å². The van der Waals surface area contributed by atoms with Gasteiger partial charge in [-0.1, -0.05) is 24.3 Å². The predicted octanol–water partition coefficient (Wildman–Crippen LogP) is 4.57. The van der Waals surface area contributed by atoms with Crippen LogP contribution in [0.3, 0.4) is 0 Å². The number of rotatable bonds is 8. The number of ether oxygens (including phenoxy) is 2. The Hall–Kier alpha value is -4.63. The monoisotopic (exact) mass is 603 g/mol. The van der Waals surface area contributed by atoms with Crippen molar-refractivity contribution in [3.8, 4) is 23.1 Å². The van der Waals surface area contributed by atoms with Crippen LogP contribution in [-0.4, -0.2) is 77.0 Å². The third-order valence-corrected chi connectivity index (χ3v) is 8.09. The molecular formula is C32H38FN7O4. The van der Waals surface area contributed by atoms with E-state index in [1.165, 1.54) is 30.2 Å². The Kier molecular flexibility index (Phi) is 8.78. The van der Waals surface area contributed by atoms with E-state index in [-0.39, 0.29) is 18.7 Å². The van der Waals surface area contributed by atoms with Crippen LogP contribution in [0, 0.1) is 17.1 Å². The van der Waals surface area contributed by atoms with Gasteiger partial charge in [0.15, 0.2) is 0 Å². The fraction of sp³-hybridized carbons (Fsp3) is 0.438. The summed E-state index contributed by atoms with van der Waals surface area (Å²) in [5.74, 6) is 0.255. The first-order chi connectivity index (χ1) is 21.0. The van der Waals surface area contributed by atoms with Gasteiger partial charge in [0.2, 0.25) is 6.41 Å². The number of carbonyl (C=O) groups excluding carboxylic acids is 2. The summed E-state index contributed by atoms with van der Waals surface area (Å²) in [6, 6.07) is 13.9. The van der Waals surface area contributed by atoms with E-state index in [0.29, 0.717) is 54.1 Å². The standard InChI is InChI=1S/C32H38FN7O4/c1-32(2,3)44-31(42)38-18-25(19-38)37-13-11-24(12-14-37)40-30(35)26(16-34)29(36-40)22-7-5-21(6-8-22)17-39(20-41)27-15-23(33)9-10-28(27)43-4/h5-10,15,20,24-25H,11-14,17-19,35H2,1-4H3. The van der Waals surface area contributed by atoms with Crippen LogP contribution in [0.5, 0.6) is 5.75 Å². The Morgan fingerprint density at radius 3 is 2.43 bits per heavy atom. The van der Waals surface area contributed by atoms with E-state index in [9.17, 15) is 19.2 Å². The third kappa shape index (κ3) is 6.48. The Bertz CT molecular complexity index is 1550. The van der Waals surface area contributed by atoms with Crippen molar-refractivity contribution < 1.29 is 23.5 Å². The zero-order chi connectivity index (χ0) is 31.6. The number of nitriles is 1. The summed E-state index contributed by atoms with van der Waals surface area (Å²) in [6.45, 7) is 8.78. The summed E-state index contributed by atoms with van der Waals surface area (Å²) in [5, 5.41) is 14.7. The molecule has 0 bridgehead atoms. The average molecular weight is 604 g/mol. The van der Waals surface area contributed by atoms with Crippen LogP contribution < -0.4 is 15.4 Å². The lowest BCUT2D eigenvalue weighted by Gasteiger charge is -2.47. The van der Waals surface area contributed by atoms with E-state index in [4.69, 9.17) is 20.3 Å². The van der Waals surface area contributed by atoms with Crippen LogP contribution in [0.1, 0.15) is 50.8 Å². The van der Waals surface area contributed by atoms with Gasteiger partial charge in [-0.15, -0.1) is 0 Å². The molecule has 2 N–H and O–H groups in total. The first-order valence-electron chi connectivity index (χ1n) is 14.7. The number of carbonyl (C=O) groups is 2. The maximum absolute atomic E-state index is 13.9. The van der Waals surface area contributed by atoms with Gasteiger partial charge in [0, 0.05) is 43.9 Å². The van der Waals surface area contributed by atoms with E-state index in [1.807, 2.05) is 45.0 Å². The van der Waals surface area contributed by atoms with Gasteiger partial charge in [-0.05, 0) is 51.3 Å². The molecule has 0 spiro atoms. The lowest BCUT2D eigenvalue weighted by Crippen LogP contribution is -2.62. The van der Waals surface area contributed by atoms with Crippen molar-refractivity contribution >= 4 is 24.0 Å². The van der Waals surface area contributed by atoms with Gasteiger partial charge < -0.3 is 25.0 Å². The van der Waals surface area contributed by atoms with Crippen molar-refractivity contribution in [2.75, 3.05) is 43.9 Å². The molecule has 2 aromatic carbocycles. The lowest BCUT2D eigenvalue weighted by molar-refractivity contribution is -0.107. The van der Waals surface area contributed by atoms with Crippen LogP contribution in [0.2, 0.25) is 0 Å². The second-order valence-electron chi connectivity index (χ2n) is 12.2. The quantitative estimate of drug-likeness (QED) is 0.371. The highest BCUT2D eigenvalue weighted by molar-refractivity contribution is 5.79. The molecule has 3 heterocycles. The minimum Gasteiger partial charge on any atom is -0.495 e. The summed E-state index contributed by atoms with van der Waals surface area (Å²) in [7, 11) is 1.46. The topological polar surface area (TPSA) is 130 Å². The number of nitrogens with zero attached hydrogens (tertiary/aromatic N) is 6. The maximum Gasteiger partial charge on any atom is 0.410 e. The van der Waals surface area contributed by atoms with E-state index in [0.717, 1.165) is 37.1 Å². The van der Waals surface area contributed by atoms with Gasteiger partial charge in [0.1, 0.15) is 40.3 Å². The highest BCUT2D eigenvalue weighted by Gasteiger charge is 2.39. The number of nitrogens with two attached hydrogens (primary N) is 1. The Balaban J connectivity index is 1.23. The summed E-state index contributed by atoms with van der Waals surface area (Å²) in [6.07, 6.45) is 2.01. The Morgan fingerprint density at radius 2 is 1.84 bits per heavy atom. The minimum absolute atomic E-state index is 0.0517. The molecule has 2 aliphatic rings. The van der Waals surface area contributed by atoms with Crippen molar-refractivity contribution in [2.24, 2.45) is 0 Å². The molecule has 12 heteroatoms. The van der Waals surface area contributed by atoms with Crippen LogP contribution in [0.25, 0.3) is 11.3 Å². The third-order valence-electron chi connectivity index (χ3n) is 8.09. The molecule has 2 fully saturated rings. The van der Waals surface area contributed by atoms with Crippen molar-refractivity contribution in [1.82, 2.24) is 19.6 Å². The molecule has 1 aromatic heterocycles. The summed E-state index contributed by atoms with van der Waals surface area (Å²) < 4.78 is 26.4. The zero-order valence-corrected chi connectivity index (χ0v) is 25.5. The Labute approximate surface area is 256 Å². The molecule has 0 radical (unpaired) electrons. The summed E-state index contributed by atoms with van der Waals surface area (Å²) in [5.41, 5.74) is 8.63. The Morgan fingerprint density at radius 1 is 1.16 bits per heavy atom. The lowest BCUT2D eigenvalue weighted by atomic mass is 10.00. The molecular weight excluding hydrogens is 565 g/mol. The number of methoxy groups -OCH3 is 1. The normalized spacial score (nSPS) is 16.2. The van der Waals surface area contributed by atoms with E-state index >= 15 is 0 Å². The molecule has 3 aromatic rings. The molecule has 0 aliphatic carbocycles. The van der Waals surface area contributed by atoms with Crippen molar-refractivity contribution in [2.45, 2.75) is 57.8 Å². The van der Waals surface area contributed by atoms with Gasteiger partial charge in [-0.3, -0.25) is 9.69 Å². The van der Waals surface area contributed by atoms with E-state index in [1.54, 1.807) is 9.58 Å². The average Bonchev–Trinajstić information content (AvgIpc) is 3.30. The number of amides is 2. The number of piperidine rings is 1. The first-order valence-corrected chi connectivity index (χ1v) is 14.7. The number of benzene rings is 2. The highest BCUT2D eigenvalue weighted by Crippen LogP contribution is 2.34. The van der Waals surface area contributed by atoms with Gasteiger partial charge in [-0.2, -0.15) is 10.4 Å². The van der Waals surface area contributed by atoms with Crippen molar-refractivity contribution in [3.05, 3.63) is 59.4 Å². The SMILES string of the molecule is COc1ccc(F)cc1N(C=O)Cc1ccc(-c2nn(C3CCN(C4CN(C(=O)OC(C)(C)C)C4)CC3)c(N)c2C#N)cc1. The number of halogens is 1.